The van der Waals surface area contributed by atoms with E-state index in [4.69, 9.17) is 4.74 Å². The van der Waals surface area contributed by atoms with Crippen LogP contribution >= 0.6 is 15.9 Å². The number of hydrogen-bond donors (Lipinski definition) is 0. The lowest BCUT2D eigenvalue weighted by atomic mass is 9.94. The van der Waals surface area contributed by atoms with Crippen molar-refractivity contribution in [1.29, 1.82) is 0 Å². The monoisotopic (exact) mass is 337 g/mol. The van der Waals surface area contributed by atoms with Gasteiger partial charge in [-0.15, -0.1) is 0 Å². The molecule has 0 saturated carbocycles. The molecule has 1 aromatic rings. The number of carbonyl (C=O) groups excluding carboxylic acids is 1. The van der Waals surface area contributed by atoms with Crippen LogP contribution in [-0.4, -0.2) is 34.8 Å². The molecule has 2 atom stereocenters. The van der Waals surface area contributed by atoms with Crippen LogP contribution in [0.3, 0.4) is 0 Å². The van der Waals surface area contributed by atoms with Gasteiger partial charge >= 0.3 is 0 Å². The number of piperidine rings is 1. The fourth-order valence-electron chi connectivity index (χ4n) is 3.10. The second-order valence-electron chi connectivity index (χ2n) is 5.76. The number of carbonyl (C=O) groups is 1. The average molecular weight is 338 g/mol. The highest BCUT2D eigenvalue weighted by molar-refractivity contribution is 9.09. The molecule has 2 heterocycles. The van der Waals surface area contributed by atoms with Gasteiger partial charge in [0.05, 0.1) is 0 Å². The lowest BCUT2D eigenvalue weighted by Gasteiger charge is -2.34. The van der Waals surface area contributed by atoms with Crippen molar-refractivity contribution >= 4 is 21.8 Å². The van der Waals surface area contributed by atoms with Crippen LogP contribution < -0.4 is 4.74 Å². The highest BCUT2D eigenvalue weighted by Crippen LogP contribution is 2.30. The number of likely N-dealkylation sites (tertiary alicyclic amines) is 1. The molecular weight excluding hydrogens is 318 g/mol. The van der Waals surface area contributed by atoms with Crippen LogP contribution in [0.25, 0.3) is 0 Å². The van der Waals surface area contributed by atoms with Gasteiger partial charge in [0.15, 0.2) is 6.10 Å². The first-order chi connectivity index (χ1) is 9.65. The van der Waals surface area contributed by atoms with Crippen molar-refractivity contribution in [3.63, 3.8) is 0 Å². The number of fused-ring (bicyclic) bond motifs is 1. The van der Waals surface area contributed by atoms with Gasteiger partial charge in [-0.25, -0.2) is 0 Å². The SMILES string of the molecule is CC(Br)C1CCN(C(=O)C2Cc3ccccc3O2)CC1. The van der Waals surface area contributed by atoms with Gasteiger partial charge in [0, 0.05) is 24.3 Å². The van der Waals surface area contributed by atoms with E-state index in [1.807, 2.05) is 29.2 Å². The normalized spacial score (nSPS) is 24.1. The Bertz CT molecular complexity index is 470. The smallest absolute Gasteiger partial charge is 0.263 e. The third-order valence-electron chi connectivity index (χ3n) is 4.42. The molecular formula is C16H20BrNO2. The van der Waals surface area contributed by atoms with E-state index in [1.54, 1.807) is 0 Å². The first kappa shape index (κ1) is 13.9. The van der Waals surface area contributed by atoms with Gasteiger partial charge in [-0.1, -0.05) is 41.1 Å². The molecule has 20 heavy (non-hydrogen) atoms. The van der Waals surface area contributed by atoms with Crippen molar-refractivity contribution in [1.82, 2.24) is 4.90 Å². The Hall–Kier alpha value is -1.03. The Morgan fingerprint density at radius 3 is 2.70 bits per heavy atom. The number of ether oxygens (including phenoxy) is 1. The maximum atomic E-state index is 12.5. The van der Waals surface area contributed by atoms with Gasteiger partial charge in [-0.2, -0.15) is 0 Å². The van der Waals surface area contributed by atoms with Crippen LogP contribution in [-0.2, 0) is 11.2 Å². The van der Waals surface area contributed by atoms with Crippen molar-refractivity contribution in [2.24, 2.45) is 5.92 Å². The van der Waals surface area contributed by atoms with Crippen LogP contribution in [0.15, 0.2) is 24.3 Å². The summed E-state index contributed by atoms with van der Waals surface area (Å²) in [6, 6.07) is 7.94. The molecule has 3 nitrogen and oxygen atoms in total. The molecule has 0 spiro atoms. The molecule has 2 aliphatic heterocycles. The second-order valence-corrected chi connectivity index (χ2v) is 7.20. The van der Waals surface area contributed by atoms with Crippen molar-refractivity contribution in [3.8, 4) is 5.75 Å². The fourth-order valence-corrected chi connectivity index (χ4v) is 3.63. The molecule has 3 rings (SSSR count). The predicted molar refractivity (Wildman–Crippen MR) is 82.3 cm³/mol. The highest BCUT2D eigenvalue weighted by atomic mass is 79.9. The number of halogens is 1. The Morgan fingerprint density at radius 2 is 2.05 bits per heavy atom. The van der Waals surface area contributed by atoms with Crippen molar-refractivity contribution < 1.29 is 9.53 Å². The quantitative estimate of drug-likeness (QED) is 0.776. The van der Waals surface area contributed by atoms with Gasteiger partial charge in [0.1, 0.15) is 5.75 Å². The van der Waals surface area contributed by atoms with Crippen molar-refractivity contribution in [2.45, 2.75) is 37.1 Å². The molecule has 4 heteroatoms. The summed E-state index contributed by atoms with van der Waals surface area (Å²) in [5, 5.41) is 0. The zero-order valence-electron chi connectivity index (χ0n) is 11.7. The molecule has 2 aliphatic rings. The van der Waals surface area contributed by atoms with Crippen molar-refractivity contribution in [3.05, 3.63) is 29.8 Å². The van der Waals surface area contributed by atoms with Gasteiger partial charge in [-0.05, 0) is 30.4 Å². The van der Waals surface area contributed by atoms with E-state index in [1.165, 1.54) is 0 Å². The van der Waals surface area contributed by atoms with Gasteiger partial charge in [-0.3, -0.25) is 4.79 Å². The predicted octanol–water partition coefficient (Wildman–Crippen LogP) is 3.01. The third kappa shape index (κ3) is 2.71. The number of benzene rings is 1. The summed E-state index contributed by atoms with van der Waals surface area (Å²) < 4.78 is 5.80. The minimum atomic E-state index is -0.314. The Balaban J connectivity index is 1.59. The summed E-state index contributed by atoms with van der Waals surface area (Å²) in [6.07, 6.45) is 2.56. The Morgan fingerprint density at radius 1 is 1.35 bits per heavy atom. The largest absolute Gasteiger partial charge is 0.480 e. The van der Waals surface area contributed by atoms with Crippen LogP contribution in [0.4, 0.5) is 0 Å². The average Bonchev–Trinajstić information content (AvgIpc) is 2.90. The van der Waals surface area contributed by atoms with Gasteiger partial charge in [0.25, 0.3) is 5.91 Å². The fraction of sp³-hybridized carbons (Fsp3) is 0.562. The topological polar surface area (TPSA) is 29.5 Å². The number of amides is 1. The summed E-state index contributed by atoms with van der Waals surface area (Å²) in [5.74, 6) is 1.71. The summed E-state index contributed by atoms with van der Waals surface area (Å²) in [6.45, 7) is 3.91. The minimum absolute atomic E-state index is 0.155. The molecule has 1 amide bonds. The van der Waals surface area contributed by atoms with E-state index in [0.29, 0.717) is 17.2 Å². The molecule has 0 aromatic heterocycles. The standard InChI is InChI=1S/C16H20BrNO2/c1-11(17)12-6-8-18(9-7-12)16(19)15-10-13-4-2-3-5-14(13)20-15/h2-5,11-12,15H,6-10H2,1H3. The molecule has 0 aliphatic carbocycles. The number of hydrogen-bond acceptors (Lipinski definition) is 2. The number of para-hydroxylation sites is 1. The number of nitrogens with zero attached hydrogens (tertiary/aromatic N) is 1. The summed E-state index contributed by atoms with van der Waals surface area (Å²) in [4.78, 5) is 15.0. The molecule has 0 bridgehead atoms. The molecule has 0 N–H and O–H groups in total. The zero-order chi connectivity index (χ0) is 14.1. The Kier molecular flexibility index (Phi) is 4.01. The molecule has 1 fully saturated rings. The Labute approximate surface area is 128 Å². The number of rotatable bonds is 2. The van der Waals surface area contributed by atoms with E-state index in [0.717, 1.165) is 37.2 Å². The summed E-state index contributed by atoms with van der Waals surface area (Å²) >= 11 is 3.65. The molecule has 108 valence electrons. The van der Waals surface area contributed by atoms with Crippen LogP contribution in [0.2, 0.25) is 0 Å². The first-order valence-electron chi connectivity index (χ1n) is 7.32. The van der Waals surface area contributed by atoms with E-state index < -0.39 is 0 Å². The third-order valence-corrected chi connectivity index (χ3v) is 5.17. The van der Waals surface area contributed by atoms with Gasteiger partial charge < -0.3 is 9.64 Å². The van der Waals surface area contributed by atoms with Crippen molar-refractivity contribution in [2.75, 3.05) is 13.1 Å². The van der Waals surface area contributed by atoms with Crippen LogP contribution in [0.5, 0.6) is 5.75 Å². The lowest BCUT2D eigenvalue weighted by Crippen LogP contribution is -2.46. The molecule has 1 saturated heterocycles. The summed E-state index contributed by atoms with van der Waals surface area (Å²) in [7, 11) is 0. The molecule has 1 aromatic carbocycles. The highest BCUT2D eigenvalue weighted by Gasteiger charge is 2.34. The minimum Gasteiger partial charge on any atom is -0.480 e. The zero-order valence-corrected chi connectivity index (χ0v) is 13.3. The summed E-state index contributed by atoms with van der Waals surface area (Å²) in [5.41, 5.74) is 1.15. The number of alkyl halides is 1. The lowest BCUT2D eigenvalue weighted by molar-refractivity contribution is -0.139. The second kappa shape index (κ2) is 5.76. The van der Waals surface area contributed by atoms with E-state index in [2.05, 4.69) is 22.9 Å². The maximum absolute atomic E-state index is 12.5. The molecule has 0 radical (unpaired) electrons. The van der Waals surface area contributed by atoms with E-state index in [9.17, 15) is 4.79 Å². The van der Waals surface area contributed by atoms with Crippen LogP contribution in [0, 0.1) is 5.92 Å². The maximum Gasteiger partial charge on any atom is 0.263 e. The first-order valence-corrected chi connectivity index (χ1v) is 8.24. The van der Waals surface area contributed by atoms with E-state index >= 15 is 0 Å². The van der Waals surface area contributed by atoms with E-state index in [-0.39, 0.29) is 12.0 Å². The van der Waals surface area contributed by atoms with Gasteiger partial charge in [0.2, 0.25) is 0 Å². The van der Waals surface area contributed by atoms with Crippen LogP contribution in [0.1, 0.15) is 25.3 Å². The molecule has 2 unspecified atom stereocenters.